The Balaban J connectivity index is 1.58. The first-order chi connectivity index (χ1) is 8.26. The average molecular weight is 238 g/mol. The van der Waals surface area contributed by atoms with E-state index in [-0.39, 0.29) is 12.2 Å². The van der Waals surface area contributed by atoms with E-state index >= 15 is 0 Å². The van der Waals surface area contributed by atoms with Crippen LogP contribution in [0.25, 0.3) is 0 Å². The highest BCUT2D eigenvalue weighted by Crippen LogP contribution is 2.54. The molecule has 0 saturated heterocycles. The van der Waals surface area contributed by atoms with Crippen LogP contribution >= 0.6 is 0 Å². The molecule has 4 rings (SSSR count). The number of amides is 1. The molecule has 0 aromatic carbocycles. The summed E-state index contributed by atoms with van der Waals surface area (Å²) in [7, 11) is 0. The highest BCUT2D eigenvalue weighted by molar-refractivity contribution is 5.67. The van der Waals surface area contributed by atoms with Crippen molar-refractivity contribution in [3.8, 4) is 0 Å². The third kappa shape index (κ3) is 2.15. The fraction of sp³-hybridized carbons (Fsp3) is 0.923. The molecule has 0 radical (unpaired) electrons. The third-order valence-electron chi connectivity index (χ3n) is 4.80. The van der Waals surface area contributed by atoms with E-state index in [1.807, 2.05) is 0 Å². The van der Waals surface area contributed by atoms with Gasteiger partial charge in [-0.2, -0.15) is 0 Å². The molecule has 4 heteroatoms. The highest BCUT2D eigenvalue weighted by atomic mass is 16.6. The first-order valence-corrected chi connectivity index (χ1v) is 6.90. The minimum Gasteiger partial charge on any atom is -0.446 e. The number of carbonyl (C=O) groups excluding carboxylic acids is 1. The van der Waals surface area contributed by atoms with Gasteiger partial charge >= 0.3 is 6.09 Å². The fourth-order valence-electron chi connectivity index (χ4n) is 4.41. The van der Waals surface area contributed by atoms with Gasteiger partial charge in [0.15, 0.2) is 0 Å². The Labute approximate surface area is 102 Å². The molecule has 0 atom stereocenters. The monoisotopic (exact) mass is 238 g/mol. The maximum atomic E-state index is 11.6. The van der Waals surface area contributed by atoms with Gasteiger partial charge in [-0.05, 0) is 55.8 Å². The van der Waals surface area contributed by atoms with Gasteiger partial charge in [0, 0.05) is 13.1 Å². The lowest BCUT2D eigenvalue weighted by Crippen LogP contribution is -2.51. The van der Waals surface area contributed by atoms with Gasteiger partial charge < -0.3 is 15.8 Å². The highest BCUT2D eigenvalue weighted by Gasteiger charge is 2.49. The smallest absolute Gasteiger partial charge is 0.407 e. The first kappa shape index (κ1) is 11.3. The van der Waals surface area contributed by atoms with E-state index in [1.54, 1.807) is 0 Å². The molecule has 4 nitrogen and oxygen atoms in total. The van der Waals surface area contributed by atoms with Crippen LogP contribution in [0, 0.1) is 23.7 Å². The third-order valence-corrected chi connectivity index (χ3v) is 4.80. The van der Waals surface area contributed by atoms with Crippen LogP contribution in [0.1, 0.15) is 32.1 Å². The molecule has 3 N–H and O–H groups in total. The van der Waals surface area contributed by atoms with Crippen molar-refractivity contribution in [3.63, 3.8) is 0 Å². The Morgan fingerprint density at radius 1 is 1.12 bits per heavy atom. The van der Waals surface area contributed by atoms with Gasteiger partial charge in [-0.3, -0.25) is 0 Å². The first-order valence-electron chi connectivity index (χ1n) is 6.90. The SMILES string of the molecule is NCCNC(=O)OC1C2CC3CC(C2)CC1C3. The van der Waals surface area contributed by atoms with Gasteiger partial charge in [0.25, 0.3) is 0 Å². The molecule has 0 heterocycles. The van der Waals surface area contributed by atoms with Crippen LogP contribution in [0.4, 0.5) is 4.79 Å². The van der Waals surface area contributed by atoms with Crippen LogP contribution in [0.15, 0.2) is 0 Å². The molecule has 4 aliphatic carbocycles. The minimum absolute atomic E-state index is 0.181. The molecule has 4 saturated carbocycles. The maximum Gasteiger partial charge on any atom is 0.407 e. The molecule has 4 fully saturated rings. The lowest BCUT2D eigenvalue weighted by Gasteiger charge is -2.53. The van der Waals surface area contributed by atoms with E-state index < -0.39 is 0 Å². The Morgan fingerprint density at radius 2 is 1.71 bits per heavy atom. The number of nitrogens with one attached hydrogen (secondary N) is 1. The summed E-state index contributed by atoms with van der Waals surface area (Å²) < 4.78 is 5.62. The quantitative estimate of drug-likeness (QED) is 0.783. The van der Waals surface area contributed by atoms with Gasteiger partial charge in [-0.25, -0.2) is 4.79 Å². The molecule has 0 unspecified atom stereocenters. The van der Waals surface area contributed by atoms with E-state index in [9.17, 15) is 4.79 Å². The van der Waals surface area contributed by atoms with Crippen LogP contribution in [-0.2, 0) is 4.74 Å². The van der Waals surface area contributed by atoms with E-state index in [0.717, 1.165) is 11.8 Å². The second kappa shape index (κ2) is 4.48. The zero-order valence-corrected chi connectivity index (χ0v) is 10.2. The van der Waals surface area contributed by atoms with Gasteiger partial charge in [0.2, 0.25) is 0 Å². The van der Waals surface area contributed by atoms with E-state index in [1.165, 1.54) is 32.1 Å². The number of hydrogen-bond donors (Lipinski definition) is 2. The standard InChI is InChI=1S/C13H22N2O2/c14-1-2-15-13(16)17-12-10-4-8-3-9(6-10)7-11(12)5-8/h8-12H,1-7,14H2,(H,15,16). The van der Waals surface area contributed by atoms with Crippen LogP contribution in [0.2, 0.25) is 0 Å². The fourth-order valence-corrected chi connectivity index (χ4v) is 4.41. The minimum atomic E-state index is -0.270. The maximum absolute atomic E-state index is 11.6. The molecule has 0 aliphatic heterocycles. The molecule has 17 heavy (non-hydrogen) atoms. The van der Waals surface area contributed by atoms with Gasteiger partial charge in [0.05, 0.1) is 0 Å². The predicted molar refractivity (Wildman–Crippen MR) is 64.4 cm³/mol. The average Bonchev–Trinajstić information content (AvgIpc) is 2.30. The lowest BCUT2D eigenvalue weighted by molar-refractivity contribution is -0.0960. The lowest BCUT2D eigenvalue weighted by atomic mass is 9.55. The molecule has 4 aliphatic rings. The summed E-state index contributed by atoms with van der Waals surface area (Å²) in [5, 5.41) is 2.71. The van der Waals surface area contributed by atoms with Gasteiger partial charge in [-0.15, -0.1) is 0 Å². The van der Waals surface area contributed by atoms with E-state index in [4.69, 9.17) is 10.5 Å². The Morgan fingerprint density at radius 3 is 2.24 bits per heavy atom. The summed E-state index contributed by atoms with van der Waals surface area (Å²) >= 11 is 0. The summed E-state index contributed by atoms with van der Waals surface area (Å²) in [4.78, 5) is 11.6. The van der Waals surface area contributed by atoms with Crippen LogP contribution in [-0.4, -0.2) is 25.3 Å². The predicted octanol–water partition coefficient (Wildman–Crippen LogP) is 1.50. The zero-order valence-electron chi connectivity index (χ0n) is 10.2. The van der Waals surface area contributed by atoms with Crippen molar-refractivity contribution >= 4 is 6.09 Å². The summed E-state index contributed by atoms with van der Waals surface area (Å²) in [5.74, 6) is 3.11. The molecular formula is C13H22N2O2. The molecule has 0 aromatic rings. The van der Waals surface area contributed by atoms with E-state index in [2.05, 4.69) is 5.32 Å². The van der Waals surface area contributed by atoms with E-state index in [0.29, 0.717) is 24.9 Å². The normalized spacial score (nSPS) is 42.5. The second-order valence-corrected chi connectivity index (χ2v) is 6.02. The number of nitrogens with two attached hydrogens (primary N) is 1. The summed E-state index contributed by atoms with van der Waals surface area (Å²) in [5.41, 5.74) is 5.36. The van der Waals surface area contributed by atoms with Crippen molar-refractivity contribution in [2.24, 2.45) is 29.4 Å². The van der Waals surface area contributed by atoms with Crippen molar-refractivity contribution in [2.75, 3.05) is 13.1 Å². The molecular weight excluding hydrogens is 216 g/mol. The number of carbonyl (C=O) groups is 1. The zero-order chi connectivity index (χ0) is 11.8. The molecule has 4 bridgehead atoms. The van der Waals surface area contributed by atoms with Gasteiger partial charge in [0.1, 0.15) is 6.10 Å². The topological polar surface area (TPSA) is 64.3 Å². The van der Waals surface area contributed by atoms with Crippen molar-refractivity contribution in [3.05, 3.63) is 0 Å². The van der Waals surface area contributed by atoms with Crippen LogP contribution in [0.3, 0.4) is 0 Å². The summed E-state index contributed by atoms with van der Waals surface area (Å²) in [6.07, 6.45) is 6.46. The Bertz CT molecular complexity index is 278. The molecule has 0 spiro atoms. The molecule has 96 valence electrons. The van der Waals surface area contributed by atoms with Crippen LogP contribution < -0.4 is 11.1 Å². The number of rotatable bonds is 3. The summed E-state index contributed by atoms with van der Waals surface area (Å²) in [6.45, 7) is 0.975. The van der Waals surface area contributed by atoms with Crippen molar-refractivity contribution in [1.29, 1.82) is 0 Å². The summed E-state index contributed by atoms with van der Waals surface area (Å²) in [6, 6.07) is 0. The number of hydrogen-bond acceptors (Lipinski definition) is 3. The number of alkyl carbamates (subject to hydrolysis) is 1. The molecule has 0 aromatic heterocycles. The van der Waals surface area contributed by atoms with Crippen LogP contribution in [0.5, 0.6) is 0 Å². The Hall–Kier alpha value is -0.770. The van der Waals surface area contributed by atoms with Gasteiger partial charge in [-0.1, -0.05) is 0 Å². The second-order valence-electron chi connectivity index (χ2n) is 6.02. The largest absolute Gasteiger partial charge is 0.446 e. The van der Waals surface area contributed by atoms with Crippen molar-refractivity contribution < 1.29 is 9.53 Å². The molecule has 1 amide bonds. The van der Waals surface area contributed by atoms with Crippen molar-refractivity contribution in [1.82, 2.24) is 5.32 Å². The van der Waals surface area contributed by atoms with Crippen molar-refractivity contribution in [2.45, 2.75) is 38.2 Å². The number of ether oxygens (including phenoxy) is 1. The Kier molecular flexibility index (Phi) is 2.99.